The average molecular weight is 349 g/mol. The second kappa shape index (κ2) is 4.35. The van der Waals surface area contributed by atoms with E-state index in [1.165, 1.54) is 5.56 Å². The minimum atomic E-state index is 0.907. The normalized spacial score (nSPS) is 11.1. The van der Waals surface area contributed by atoms with Crippen molar-refractivity contribution >= 4 is 28.2 Å². The summed E-state index contributed by atoms with van der Waals surface area (Å²) in [5.41, 5.74) is 5.35. The monoisotopic (exact) mass is 349 g/mol. The highest BCUT2D eigenvalue weighted by molar-refractivity contribution is 14.1. The third-order valence-corrected chi connectivity index (χ3v) is 3.91. The number of aromatic nitrogens is 3. The van der Waals surface area contributed by atoms with Gasteiger partial charge in [-0.3, -0.25) is 0 Å². The minimum absolute atomic E-state index is 0.907. The lowest BCUT2D eigenvalue weighted by Crippen LogP contribution is -1.99. The van der Waals surface area contributed by atoms with E-state index < -0.39 is 0 Å². The van der Waals surface area contributed by atoms with Gasteiger partial charge in [-0.15, -0.1) is 0 Å². The van der Waals surface area contributed by atoms with Crippen LogP contribution < -0.4 is 0 Å². The van der Waals surface area contributed by atoms with Crippen LogP contribution in [0.15, 0.2) is 36.4 Å². The molecule has 0 unspecified atom stereocenters. The van der Waals surface area contributed by atoms with E-state index in [2.05, 4.69) is 50.9 Å². The maximum Gasteiger partial charge on any atom is 0.154 e. The Balaban J connectivity index is 2.29. The zero-order valence-electron chi connectivity index (χ0n) is 10.2. The molecule has 0 spiro atoms. The number of aryl methyl sites for hydroxylation is 2. The number of halogens is 1. The molecule has 0 aliphatic heterocycles. The lowest BCUT2D eigenvalue weighted by atomic mass is 10.1. The van der Waals surface area contributed by atoms with Crippen LogP contribution in [0.3, 0.4) is 0 Å². The summed E-state index contributed by atoms with van der Waals surface area (Å²) in [6.07, 6.45) is 0. The molecule has 0 fully saturated rings. The molecule has 4 heteroatoms. The molecule has 0 aliphatic rings. The largest absolute Gasteiger partial charge is 0.232 e. The van der Waals surface area contributed by atoms with E-state index in [1.54, 1.807) is 0 Å². The van der Waals surface area contributed by atoms with Crippen LogP contribution in [0.4, 0.5) is 0 Å². The summed E-state index contributed by atoms with van der Waals surface area (Å²) in [7, 11) is 0. The molecule has 0 saturated heterocycles. The first kappa shape index (κ1) is 11.6. The van der Waals surface area contributed by atoms with E-state index in [0.29, 0.717) is 0 Å². The lowest BCUT2D eigenvalue weighted by molar-refractivity contribution is 0.879. The molecule has 3 rings (SSSR count). The molecule has 2 heterocycles. The van der Waals surface area contributed by atoms with Gasteiger partial charge in [-0.2, -0.15) is 5.10 Å². The summed E-state index contributed by atoms with van der Waals surface area (Å²) in [5.74, 6) is 0. The Labute approximate surface area is 119 Å². The fraction of sp³-hybridized carbons (Fsp3) is 0.143. The molecule has 0 radical (unpaired) electrons. The summed E-state index contributed by atoms with van der Waals surface area (Å²) >= 11 is 2.28. The molecular formula is C14H12IN3. The smallest absolute Gasteiger partial charge is 0.154 e. The van der Waals surface area contributed by atoms with Gasteiger partial charge < -0.3 is 0 Å². The molecule has 2 aromatic heterocycles. The number of hydrogen-bond donors (Lipinski definition) is 0. The first-order valence-electron chi connectivity index (χ1n) is 5.75. The predicted octanol–water partition coefficient (Wildman–Crippen LogP) is 3.62. The van der Waals surface area contributed by atoms with Gasteiger partial charge in [0.25, 0.3) is 0 Å². The van der Waals surface area contributed by atoms with Gasteiger partial charge in [0, 0.05) is 5.56 Å². The SMILES string of the molecule is Cc1nc2cc(-c3ccccc3)c(I)nn2c1C. The van der Waals surface area contributed by atoms with Crippen molar-refractivity contribution in [2.75, 3.05) is 0 Å². The Morgan fingerprint density at radius 1 is 1.11 bits per heavy atom. The molecule has 1 aromatic carbocycles. The number of nitrogens with zero attached hydrogens (tertiary/aromatic N) is 3. The van der Waals surface area contributed by atoms with Crippen molar-refractivity contribution in [3.05, 3.63) is 51.5 Å². The van der Waals surface area contributed by atoms with Gasteiger partial charge in [-0.05, 0) is 48.1 Å². The highest BCUT2D eigenvalue weighted by Gasteiger charge is 2.10. The fourth-order valence-corrected chi connectivity index (χ4v) is 2.68. The zero-order chi connectivity index (χ0) is 12.7. The summed E-state index contributed by atoms with van der Waals surface area (Å²) in [5, 5.41) is 4.61. The highest BCUT2D eigenvalue weighted by atomic mass is 127. The van der Waals surface area contributed by atoms with Crippen molar-refractivity contribution in [1.29, 1.82) is 0 Å². The van der Waals surface area contributed by atoms with Crippen LogP contribution in [0.25, 0.3) is 16.8 Å². The Morgan fingerprint density at radius 2 is 1.83 bits per heavy atom. The molecule has 0 atom stereocenters. The molecule has 0 amide bonds. The molecule has 90 valence electrons. The Bertz CT molecular complexity index is 717. The number of hydrogen-bond acceptors (Lipinski definition) is 2. The molecule has 3 aromatic rings. The van der Waals surface area contributed by atoms with Crippen molar-refractivity contribution in [3.8, 4) is 11.1 Å². The van der Waals surface area contributed by atoms with E-state index >= 15 is 0 Å². The van der Waals surface area contributed by atoms with Crippen LogP contribution in [0.5, 0.6) is 0 Å². The van der Waals surface area contributed by atoms with Crippen molar-refractivity contribution < 1.29 is 0 Å². The van der Waals surface area contributed by atoms with Crippen molar-refractivity contribution in [1.82, 2.24) is 14.6 Å². The third-order valence-electron chi connectivity index (χ3n) is 3.11. The third kappa shape index (κ3) is 1.80. The molecular weight excluding hydrogens is 337 g/mol. The van der Waals surface area contributed by atoms with Crippen molar-refractivity contribution in [3.63, 3.8) is 0 Å². The van der Waals surface area contributed by atoms with Crippen LogP contribution in [0.2, 0.25) is 0 Å². The number of rotatable bonds is 1. The van der Waals surface area contributed by atoms with Gasteiger partial charge in [-0.1, -0.05) is 30.3 Å². The van der Waals surface area contributed by atoms with Gasteiger partial charge >= 0.3 is 0 Å². The number of imidazole rings is 1. The summed E-state index contributed by atoms with van der Waals surface area (Å²) < 4.78 is 2.90. The topological polar surface area (TPSA) is 30.2 Å². The summed E-state index contributed by atoms with van der Waals surface area (Å²) in [6, 6.07) is 12.4. The van der Waals surface area contributed by atoms with Crippen molar-refractivity contribution in [2.45, 2.75) is 13.8 Å². The summed E-state index contributed by atoms with van der Waals surface area (Å²) in [4.78, 5) is 4.54. The maximum atomic E-state index is 4.61. The van der Waals surface area contributed by atoms with Gasteiger partial charge in [-0.25, -0.2) is 9.50 Å². The number of benzene rings is 1. The second-order valence-corrected chi connectivity index (χ2v) is 5.29. The predicted molar refractivity (Wildman–Crippen MR) is 80.6 cm³/mol. The fourth-order valence-electron chi connectivity index (χ4n) is 2.00. The van der Waals surface area contributed by atoms with Gasteiger partial charge in [0.1, 0.15) is 3.70 Å². The van der Waals surface area contributed by atoms with Crippen LogP contribution in [0, 0.1) is 17.5 Å². The minimum Gasteiger partial charge on any atom is -0.232 e. The maximum absolute atomic E-state index is 4.61. The van der Waals surface area contributed by atoms with E-state index in [0.717, 1.165) is 26.3 Å². The molecule has 0 saturated carbocycles. The first-order chi connectivity index (χ1) is 8.66. The number of fused-ring (bicyclic) bond motifs is 1. The van der Waals surface area contributed by atoms with E-state index in [4.69, 9.17) is 0 Å². The zero-order valence-corrected chi connectivity index (χ0v) is 12.3. The average Bonchev–Trinajstić information content (AvgIpc) is 2.66. The van der Waals surface area contributed by atoms with Gasteiger partial charge in [0.15, 0.2) is 5.65 Å². The van der Waals surface area contributed by atoms with Crippen LogP contribution in [-0.2, 0) is 0 Å². The molecule has 0 bridgehead atoms. The first-order valence-corrected chi connectivity index (χ1v) is 6.82. The Kier molecular flexibility index (Phi) is 2.81. The standard InChI is InChI=1S/C14H12IN3/c1-9-10(2)18-13(16-9)8-12(14(15)17-18)11-6-4-3-5-7-11/h3-8H,1-2H3. The second-order valence-electron chi connectivity index (χ2n) is 4.27. The molecule has 3 nitrogen and oxygen atoms in total. The van der Waals surface area contributed by atoms with E-state index in [-0.39, 0.29) is 0 Å². The van der Waals surface area contributed by atoms with Gasteiger partial charge in [0.05, 0.1) is 11.4 Å². The summed E-state index contributed by atoms with van der Waals surface area (Å²) in [6.45, 7) is 4.06. The quantitative estimate of drug-likeness (QED) is 0.628. The Hall–Kier alpha value is -1.43. The lowest BCUT2D eigenvalue weighted by Gasteiger charge is -2.05. The molecule has 18 heavy (non-hydrogen) atoms. The Morgan fingerprint density at radius 3 is 2.56 bits per heavy atom. The van der Waals surface area contributed by atoms with E-state index in [1.807, 2.05) is 36.6 Å². The van der Waals surface area contributed by atoms with Crippen LogP contribution >= 0.6 is 22.6 Å². The molecule has 0 N–H and O–H groups in total. The molecule has 0 aliphatic carbocycles. The van der Waals surface area contributed by atoms with Gasteiger partial charge in [0.2, 0.25) is 0 Å². The van der Waals surface area contributed by atoms with Crippen LogP contribution in [-0.4, -0.2) is 14.6 Å². The van der Waals surface area contributed by atoms with E-state index in [9.17, 15) is 0 Å². The highest BCUT2D eigenvalue weighted by Crippen LogP contribution is 2.25. The van der Waals surface area contributed by atoms with Crippen molar-refractivity contribution in [2.24, 2.45) is 0 Å². The van der Waals surface area contributed by atoms with Crippen LogP contribution in [0.1, 0.15) is 11.4 Å².